The Hall–Kier alpha value is -1.39. The van der Waals surface area contributed by atoms with Gasteiger partial charge in [0.15, 0.2) is 0 Å². The van der Waals surface area contributed by atoms with Crippen molar-refractivity contribution in [1.82, 2.24) is 10.3 Å². The first kappa shape index (κ1) is 16.0. The number of aromatic nitrogens is 1. The number of halogens is 1. The number of hydrogen-bond acceptors (Lipinski definition) is 3. The Kier molecular flexibility index (Phi) is 5.37. The fourth-order valence-corrected chi connectivity index (χ4v) is 3.21. The third-order valence-electron chi connectivity index (χ3n) is 3.15. The van der Waals surface area contributed by atoms with Crippen molar-refractivity contribution in [3.63, 3.8) is 0 Å². The van der Waals surface area contributed by atoms with Crippen molar-refractivity contribution >= 4 is 28.8 Å². The Morgan fingerprint density at radius 1 is 1.43 bits per heavy atom. The lowest BCUT2D eigenvalue weighted by Crippen LogP contribution is -2.26. The second-order valence-corrected chi connectivity index (χ2v) is 6.77. The fourth-order valence-electron chi connectivity index (χ4n) is 2.10. The molecule has 0 fully saturated rings. The van der Waals surface area contributed by atoms with Gasteiger partial charge in [-0.2, -0.15) is 0 Å². The van der Waals surface area contributed by atoms with E-state index in [4.69, 9.17) is 11.6 Å². The molecule has 1 atom stereocenters. The summed E-state index contributed by atoms with van der Waals surface area (Å²) < 4.78 is 0. The minimum Gasteiger partial charge on any atom is -0.345 e. The van der Waals surface area contributed by atoms with Crippen LogP contribution in [-0.2, 0) is 6.42 Å². The van der Waals surface area contributed by atoms with E-state index in [0.717, 1.165) is 23.4 Å². The van der Waals surface area contributed by atoms with E-state index in [1.807, 2.05) is 19.1 Å². The molecule has 0 saturated carbocycles. The van der Waals surface area contributed by atoms with Crippen LogP contribution >= 0.6 is 22.9 Å². The van der Waals surface area contributed by atoms with Gasteiger partial charge in [-0.3, -0.25) is 4.79 Å². The third-order valence-corrected chi connectivity index (χ3v) is 4.53. The molecule has 2 aromatic rings. The van der Waals surface area contributed by atoms with Gasteiger partial charge in [-0.15, -0.1) is 11.3 Å². The largest absolute Gasteiger partial charge is 0.345 e. The highest BCUT2D eigenvalue weighted by molar-refractivity contribution is 7.12. The normalized spacial score (nSPS) is 12.2. The van der Waals surface area contributed by atoms with Crippen molar-refractivity contribution < 1.29 is 4.79 Å². The number of rotatable bonds is 5. The molecule has 2 rings (SSSR count). The molecule has 0 radical (unpaired) electrons. The van der Waals surface area contributed by atoms with E-state index in [9.17, 15) is 4.79 Å². The van der Waals surface area contributed by atoms with Gasteiger partial charge in [0.2, 0.25) is 0 Å². The number of thiophene rings is 1. The number of carbonyl (C=O) groups excluding carboxylic acids is 1. The van der Waals surface area contributed by atoms with Crippen LogP contribution in [0.25, 0.3) is 0 Å². The predicted octanol–water partition coefficient (Wildman–Crippen LogP) is 4.55. The summed E-state index contributed by atoms with van der Waals surface area (Å²) in [5.74, 6) is -0.116. The van der Waals surface area contributed by atoms with Crippen LogP contribution in [0, 0.1) is 6.92 Å². The summed E-state index contributed by atoms with van der Waals surface area (Å²) in [7, 11) is 0. The van der Waals surface area contributed by atoms with Crippen LogP contribution in [0.3, 0.4) is 0 Å². The minimum atomic E-state index is -0.116. The van der Waals surface area contributed by atoms with Gasteiger partial charge in [-0.25, -0.2) is 4.98 Å². The Morgan fingerprint density at radius 2 is 2.19 bits per heavy atom. The second kappa shape index (κ2) is 7.05. The van der Waals surface area contributed by atoms with Crippen LogP contribution in [0.1, 0.15) is 52.1 Å². The lowest BCUT2D eigenvalue weighted by molar-refractivity contribution is 0.0940. The third kappa shape index (κ3) is 4.29. The van der Waals surface area contributed by atoms with Gasteiger partial charge in [0.1, 0.15) is 5.15 Å². The Morgan fingerprint density at radius 3 is 2.81 bits per heavy atom. The molecule has 1 amide bonds. The topological polar surface area (TPSA) is 42.0 Å². The highest BCUT2D eigenvalue weighted by Crippen LogP contribution is 2.23. The molecule has 0 spiro atoms. The van der Waals surface area contributed by atoms with Crippen molar-refractivity contribution in [1.29, 1.82) is 0 Å². The summed E-state index contributed by atoms with van der Waals surface area (Å²) in [5, 5.41) is 3.37. The Bertz CT molecular complexity index is 639. The van der Waals surface area contributed by atoms with Crippen molar-refractivity contribution in [3.05, 3.63) is 50.4 Å². The zero-order valence-corrected chi connectivity index (χ0v) is 14.0. The van der Waals surface area contributed by atoms with Crippen molar-refractivity contribution in [2.45, 2.75) is 39.7 Å². The summed E-state index contributed by atoms with van der Waals surface area (Å²) in [6, 6.07) is 7.52. The molecule has 0 aromatic carbocycles. The lowest BCUT2D eigenvalue weighted by atomic mass is 10.1. The molecule has 112 valence electrons. The molecular weight excluding hydrogens is 304 g/mol. The molecule has 0 aliphatic rings. The van der Waals surface area contributed by atoms with Gasteiger partial charge >= 0.3 is 0 Å². The van der Waals surface area contributed by atoms with E-state index >= 15 is 0 Å². The summed E-state index contributed by atoms with van der Waals surface area (Å²) in [6.45, 7) is 6.12. The molecule has 2 heterocycles. The van der Waals surface area contributed by atoms with Crippen LogP contribution in [0.4, 0.5) is 0 Å². The van der Waals surface area contributed by atoms with E-state index in [2.05, 4.69) is 30.2 Å². The number of pyridine rings is 1. The highest BCUT2D eigenvalue weighted by atomic mass is 35.5. The van der Waals surface area contributed by atoms with Gasteiger partial charge in [0.05, 0.1) is 6.04 Å². The molecule has 2 aromatic heterocycles. The zero-order chi connectivity index (χ0) is 15.4. The van der Waals surface area contributed by atoms with E-state index in [1.54, 1.807) is 17.4 Å². The second-order valence-electron chi connectivity index (χ2n) is 5.06. The predicted molar refractivity (Wildman–Crippen MR) is 88.2 cm³/mol. The van der Waals surface area contributed by atoms with E-state index in [1.165, 1.54) is 4.88 Å². The maximum absolute atomic E-state index is 12.4. The van der Waals surface area contributed by atoms with Gasteiger partial charge < -0.3 is 5.32 Å². The lowest BCUT2D eigenvalue weighted by Gasteiger charge is -2.13. The fraction of sp³-hybridized carbons (Fsp3) is 0.375. The summed E-state index contributed by atoms with van der Waals surface area (Å²) >= 11 is 7.69. The minimum absolute atomic E-state index is 0.0160. The average molecular weight is 323 g/mol. The number of aryl methyl sites for hydroxylation is 2. The molecule has 0 aliphatic heterocycles. The molecule has 0 bridgehead atoms. The zero-order valence-electron chi connectivity index (χ0n) is 12.4. The van der Waals surface area contributed by atoms with Crippen molar-refractivity contribution in [2.24, 2.45) is 0 Å². The van der Waals surface area contributed by atoms with Crippen LogP contribution in [-0.4, -0.2) is 10.9 Å². The summed E-state index contributed by atoms with van der Waals surface area (Å²) in [5.41, 5.74) is 1.42. The summed E-state index contributed by atoms with van der Waals surface area (Å²) in [6.07, 6.45) is 1.79. The first-order valence-corrected chi connectivity index (χ1v) is 8.22. The first-order chi connectivity index (χ1) is 9.99. The highest BCUT2D eigenvalue weighted by Gasteiger charge is 2.14. The quantitative estimate of drug-likeness (QED) is 0.821. The van der Waals surface area contributed by atoms with E-state index in [0.29, 0.717) is 10.7 Å². The molecular formula is C16H19ClN2OS. The van der Waals surface area contributed by atoms with Gasteiger partial charge in [0.25, 0.3) is 5.91 Å². The Labute approximate surface area is 134 Å². The van der Waals surface area contributed by atoms with Gasteiger partial charge in [-0.1, -0.05) is 24.9 Å². The van der Waals surface area contributed by atoms with Crippen LogP contribution in [0.5, 0.6) is 0 Å². The van der Waals surface area contributed by atoms with E-state index < -0.39 is 0 Å². The number of carbonyl (C=O) groups is 1. The van der Waals surface area contributed by atoms with Crippen molar-refractivity contribution in [2.75, 3.05) is 0 Å². The molecule has 0 aliphatic carbocycles. The number of amides is 1. The maximum Gasteiger partial charge on any atom is 0.251 e. The number of hydrogen-bond donors (Lipinski definition) is 1. The molecule has 5 heteroatoms. The maximum atomic E-state index is 12.4. The first-order valence-electron chi connectivity index (χ1n) is 7.03. The molecule has 0 saturated heterocycles. The smallest absolute Gasteiger partial charge is 0.251 e. The van der Waals surface area contributed by atoms with E-state index in [-0.39, 0.29) is 11.9 Å². The standard InChI is InChI=1S/C16H19ClN2OS/c1-4-5-13-8-12(9-15(17)19-13)16(20)18-11(3)14-7-6-10(2)21-14/h6-9,11H,4-5H2,1-3H3,(H,18,20). The molecule has 21 heavy (non-hydrogen) atoms. The number of nitrogens with one attached hydrogen (secondary N) is 1. The van der Waals surface area contributed by atoms with Crippen LogP contribution < -0.4 is 5.32 Å². The molecule has 3 nitrogen and oxygen atoms in total. The summed E-state index contributed by atoms with van der Waals surface area (Å²) in [4.78, 5) is 19.0. The van der Waals surface area contributed by atoms with Crippen LogP contribution in [0.2, 0.25) is 5.15 Å². The molecule has 1 N–H and O–H groups in total. The van der Waals surface area contributed by atoms with Crippen LogP contribution in [0.15, 0.2) is 24.3 Å². The SMILES string of the molecule is CCCc1cc(C(=O)NC(C)c2ccc(C)s2)cc(Cl)n1. The average Bonchev–Trinajstić information content (AvgIpc) is 2.85. The van der Waals surface area contributed by atoms with Gasteiger partial charge in [0, 0.05) is 21.0 Å². The van der Waals surface area contributed by atoms with Gasteiger partial charge in [-0.05, 0) is 44.5 Å². The molecule has 1 unspecified atom stereocenters. The Balaban J connectivity index is 2.12. The number of nitrogens with zero attached hydrogens (tertiary/aromatic N) is 1. The monoisotopic (exact) mass is 322 g/mol. The van der Waals surface area contributed by atoms with Crippen molar-refractivity contribution in [3.8, 4) is 0 Å².